The second kappa shape index (κ2) is 7.17. The van der Waals surface area contributed by atoms with Crippen LogP contribution in [0, 0.1) is 0 Å². The Bertz CT molecular complexity index is 304. The zero-order chi connectivity index (χ0) is 11.3. The van der Waals surface area contributed by atoms with E-state index in [1.165, 1.54) is 61.8 Å². The van der Waals surface area contributed by atoms with Crippen molar-refractivity contribution in [1.82, 2.24) is 0 Å². The summed E-state index contributed by atoms with van der Waals surface area (Å²) >= 11 is 0. The average Bonchev–Trinajstić information content (AvgIpc) is 2.74. The zero-order valence-corrected chi connectivity index (χ0v) is 12.5. The Hall–Kier alpha value is -0.340. The van der Waals surface area contributed by atoms with E-state index in [9.17, 15) is 0 Å². The van der Waals surface area contributed by atoms with Crippen LogP contribution in [0.5, 0.6) is 0 Å². The molecule has 1 fully saturated rings. The molecule has 0 N–H and O–H groups in total. The first-order valence-corrected chi connectivity index (χ1v) is 6.66. The van der Waals surface area contributed by atoms with Gasteiger partial charge in [-0.1, -0.05) is 30.3 Å². The van der Waals surface area contributed by atoms with Gasteiger partial charge < -0.3 is 21.5 Å². The van der Waals surface area contributed by atoms with E-state index in [2.05, 4.69) is 37.4 Å². The molecule has 1 nitrogen and oxygen atoms in total. The topological polar surface area (TPSA) is 0 Å². The zero-order valence-electron chi connectivity index (χ0n) is 10.9. The van der Waals surface area contributed by atoms with Crippen molar-refractivity contribution in [1.29, 1.82) is 0 Å². The molecule has 1 heterocycles. The molecule has 0 unspecified atom stereocenters. The molecule has 1 aromatic carbocycles. The molecule has 2 heteroatoms. The molecule has 1 aliphatic rings. The van der Waals surface area contributed by atoms with Gasteiger partial charge in [0.1, 0.15) is 0 Å². The lowest BCUT2D eigenvalue weighted by molar-refractivity contribution is -0.897. The van der Waals surface area contributed by atoms with Crippen molar-refractivity contribution in [3.05, 3.63) is 35.9 Å². The van der Waals surface area contributed by atoms with E-state index >= 15 is 0 Å². The van der Waals surface area contributed by atoms with Crippen LogP contribution in [0.25, 0.3) is 0 Å². The molecule has 1 aromatic rings. The van der Waals surface area contributed by atoms with Crippen LogP contribution in [-0.4, -0.2) is 31.2 Å². The fourth-order valence-electron chi connectivity index (χ4n) is 2.79. The van der Waals surface area contributed by atoms with Gasteiger partial charge in [-0.3, -0.25) is 0 Å². The van der Waals surface area contributed by atoms with Crippen molar-refractivity contribution < 1.29 is 21.5 Å². The number of quaternary nitrogens is 1. The smallest absolute Gasteiger partial charge is 0.0786 e. The highest BCUT2D eigenvalue weighted by atomic mass is 79.9. The van der Waals surface area contributed by atoms with Crippen molar-refractivity contribution in [2.75, 3.05) is 26.7 Å². The number of benzene rings is 1. The fraction of sp³-hybridized carbons (Fsp3) is 0.600. The largest absolute Gasteiger partial charge is 1.00 e. The van der Waals surface area contributed by atoms with Gasteiger partial charge in [0.25, 0.3) is 0 Å². The van der Waals surface area contributed by atoms with Gasteiger partial charge in [-0.25, -0.2) is 0 Å². The number of nitrogens with zero attached hydrogens (tertiary/aromatic N) is 1. The first-order chi connectivity index (χ1) is 7.79. The van der Waals surface area contributed by atoms with E-state index < -0.39 is 0 Å². The second-order valence-electron chi connectivity index (χ2n) is 5.44. The Morgan fingerprint density at radius 3 is 2.29 bits per heavy atom. The second-order valence-corrected chi connectivity index (χ2v) is 5.44. The van der Waals surface area contributed by atoms with Crippen LogP contribution in [0.2, 0.25) is 0 Å². The number of hydrogen-bond acceptors (Lipinski definition) is 0. The van der Waals surface area contributed by atoms with Crippen molar-refractivity contribution in [2.24, 2.45) is 0 Å². The third kappa shape index (κ3) is 4.81. The normalized spacial score (nSPS) is 17.7. The van der Waals surface area contributed by atoms with Crippen molar-refractivity contribution in [2.45, 2.75) is 32.1 Å². The fourth-order valence-corrected chi connectivity index (χ4v) is 2.79. The molecule has 1 saturated heterocycles. The maximum absolute atomic E-state index is 2.43. The standard InChI is InChI=1S/C15H24N.BrH/c1-16(13-7-8-14-16)12-6-5-11-15-9-3-2-4-10-15;/h2-4,9-10H,5-8,11-14H2,1H3;1H/q+1;/p-1. The van der Waals surface area contributed by atoms with E-state index in [1.807, 2.05) is 0 Å². The van der Waals surface area contributed by atoms with Gasteiger partial charge in [-0.15, -0.1) is 0 Å². The van der Waals surface area contributed by atoms with Gasteiger partial charge in [0.15, 0.2) is 0 Å². The SMILES string of the molecule is C[N+]1(CCCCc2ccccc2)CCCC1.[Br-]. The van der Waals surface area contributed by atoms with E-state index in [4.69, 9.17) is 0 Å². The Kier molecular flexibility index (Phi) is 6.21. The summed E-state index contributed by atoms with van der Waals surface area (Å²) in [6.45, 7) is 4.20. The number of unbranched alkanes of at least 4 members (excludes halogenated alkanes) is 1. The van der Waals surface area contributed by atoms with E-state index in [1.54, 1.807) is 0 Å². The van der Waals surface area contributed by atoms with E-state index in [0.29, 0.717) is 0 Å². The molecule has 0 amide bonds. The number of aryl methyl sites for hydroxylation is 1. The third-order valence-corrected chi connectivity index (χ3v) is 3.90. The minimum atomic E-state index is 0. The summed E-state index contributed by atoms with van der Waals surface area (Å²) in [6.07, 6.45) is 6.86. The Balaban J connectivity index is 0.00000144. The molecular weight excluding hydrogens is 274 g/mol. The maximum Gasteiger partial charge on any atom is 0.0786 e. The first-order valence-electron chi connectivity index (χ1n) is 6.66. The Morgan fingerprint density at radius 2 is 1.65 bits per heavy atom. The van der Waals surface area contributed by atoms with Gasteiger partial charge >= 0.3 is 0 Å². The van der Waals surface area contributed by atoms with Gasteiger partial charge in [0.2, 0.25) is 0 Å². The minimum absolute atomic E-state index is 0. The number of rotatable bonds is 5. The molecule has 0 radical (unpaired) electrons. The monoisotopic (exact) mass is 297 g/mol. The summed E-state index contributed by atoms with van der Waals surface area (Å²) in [7, 11) is 2.43. The minimum Gasteiger partial charge on any atom is -1.00 e. The van der Waals surface area contributed by atoms with E-state index in [0.717, 1.165) is 0 Å². The van der Waals surface area contributed by atoms with Crippen LogP contribution in [0.1, 0.15) is 31.2 Å². The average molecular weight is 298 g/mol. The van der Waals surface area contributed by atoms with Crippen LogP contribution in [0.15, 0.2) is 30.3 Å². The summed E-state index contributed by atoms with van der Waals surface area (Å²) in [4.78, 5) is 0. The van der Waals surface area contributed by atoms with Crippen LogP contribution in [0.4, 0.5) is 0 Å². The lowest BCUT2D eigenvalue weighted by Gasteiger charge is -2.29. The summed E-state index contributed by atoms with van der Waals surface area (Å²) < 4.78 is 1.33. The molecule has 0 aromatic heterocycles. The van der Waals surface area contributed by atoms with Gasteiger partial charge in [-0.2, -0.15) is 0 Å². The number of halogens is 1. The molecule has 0 spiro atoms. The summed E-state index contributed by atoms with van der Waals surface area (Å²) in [5, 5.41) is 0. The summed E-state index contributed by atoms with van der Waals surface area (Å²) in [5.41, 5.74) is 1.49. The quantitative estimate of drug-likeness (QED) is 0.540. The van der Waals surface area contributed by atoms with Crippen molar-refractivity contribution >= 4 is 0 Å². The highest BCUT2D eigenvalue weighted by Gasteiger charge is 2.25. The molecule has 0 aliphatic carbocycles. The van der Waals surface area contributed by atoms with E-state index in [-0.39, 0.29) is 17.0 Å². The summed E-state index contributed by atoms with van der Waals surface area (Å²) in [6, 6.07) is 10.9. The molecule has 0 bridgehead atoms. The molecular formula is C15H24BrN. The molecule has 0 atom stereocenters. The number of likely N-dealkylation sites (tertiary alicyclic amines) is 1. The predicted molar refractivity (Wildman–Crippen MR) is 69.4 cm³/mol. The third-order valence-electron chi connectivity index (χ3n) is 3.90. The van der Waals surface area contributed by atoms with Gasteiger partial charge in [-0.05, 0) is 24.8 Å². The molecule has 17 heavy (non-hydrogen) atoms. The predicted octanol–water partition coefficient (Wildman–Crippen LogP) is 0.254. The van der Waals surface area contributed by atoms with Gasteiger partial charge in [0.05, 0.1) is 26.7 Å². The molecule has 1 aliphatic heterocycles. The Labute approximate surface area is 116 Å². The lowest BCUT2D eigenvalue weighted by Crippen LogP contribution is -3.00. The molecule has 96 valence electrons. The van der Waals surface area contributed by atoms with Crippen molar-refractivity contribution in [3.63, 3.8) is 0 Å². The lowest BCUT2D eigenvalue weighted by atomic mass is 10.1. The molecule has 0 saturated carbocycles. The summed E-state index contributed by atoms with van der Waals surface area (Å²) in [5.74, 6) is 0. The van der Waals surface area contributed by atoms with Gasteiger partial charge in [0, 0.05) is 12.8 Å². The maximum atomic E-state index is 2.43. The van der Waals surface area contributed by atoms with Crippen LogP contribution >= 0.6 is 0 Å². The van der Waals surface area contributed by atoms with Crippen LogP contribution in [-0.2, 0) is 6.42 Å². The number of hydrogen-bond donors (Lipinski definition) is 0. The highest BCUT2D eigenvalue weighted by molar-refractivity contribution is 5.14. The molecule has 2 rings (SSSR count). The first kappa shape index (κ1) is 14.7. The Morgan fingerprint density at radius 1 is 1.00 bits per heavy atom. The van der Waals surface area contributed by atoms with Crippen LogP contribution in [0.3, 0.4) is 0 Å². The van der Waals surface area contributed by atoms with Crippen LogP contribution < -0.4 is 17.0 Å². The highest BCUT2D eigenvalue weighted by Crippen LogP contribution is 2.17. The van der Waals surface area contributed by atoms with Crippen molar-refractivity contribution in [3.8, 4) is 0 Å².